The predicted octanol–water partition coefficient (Wildman–Crippen LogP) is 4.50. The highest BCUT2D eigenvalue weighted by Crippen LogP contribution is 2.42. The van der Waals surface area contributed by atoms with Crippen molar-refractivity contribution in [3.05, 3.63) is 46.5 Å². The molecule has 0 aliphatic heterocycles. The standard InChI is InChI=1S/C16H15ClF4N4O/c1-25-14(16(19,20)21)12(7-22-25)23-15(26)24-13(8-2-3-8)9-4-5-11(18)10(17)6-9/h4-8,13H,2-3H2,1H3,(H2,23,24,26). The topological polar surface area (TPSA) is 59.0 Å². The molecule has 1 heterocycles. The summed E-state index contributed by atoms with van der Waals surface area (Å²) in [6, 6.07) is 2.82. The molecule has 2 N–H and O–H groups in total. The van der Waals surface area contributed by atoms with Crippen LogP contribution in [0.25, 0.3) is 0 Å². The minimum Gasteiger partial charge on any atom is -0.331 e. The van der Waals surface area contributed by atoms with Gasteiger partial charge in [0.25, 0.3) is 0 Å². The molecule has 0 bridgehead atoms. The fourth-order valence-electron chi connectivity index (χ4n) is 2.77. The van der Waals surface area contributed by atoms with Crippen LogP contribution in [0.4, 0.5) is 28.0 Å². The fraction of sp³-hybridized carbons (Fsp3) is 0.375. The zero-order valence-electron chi connectivity index (χ0n) is 13.6. The number of carbonyl (C=O) groups excluding carboxylic acids is 1. The highest BCUT2D eigenvalue weighted by Gasteiger charge is 2.39. The van der Waals surface area contributed by atoms with E-state index in [0.717, 1.165) is 26.1 Å². The maximum atomic E-state index is 13.3. The smallest absolute Gasteiger partial charge is 0.331 e. The van der Waals surface area contributed by atoms with E-state index in [-0.39, 0.29) is 10.9 Å². The van der Waals surface area contributed by atoms with Crippen LogP contribution in [0.2, 0.25) is 5.02 Å². The van der Waals surface area contributed by atoms with E-state index in [0.29, 0.717) is 10.2 Å². The third-order valence-electron chi connectivity index (χ3n) is 4.14. The van der Waals surface area contributed by atoms with Crippen molar-refractivity contribution in [3.8, 4) is 0 Å². The molecule has 26 heavy (non-hydrogen) atoms. The second-order valence-corrected chi connectivity index (χ2v) is 6.52. The number of nitrogens with one attached hydrogen (secondary N) is 2. The Kier molecular flexibility index (Phi) is 4.83. The molecule has 1 aromatic carbocycles. The largest absolute Gasteiger partial charge is 0.435 e. The minimum absolute atomic E-state index is 0.0815. The number of aryl methyl sites for hydroxylation is 1. The van der Waals surface area contributed by atoms with Crippen LogP contribution in [-0.2, 0) is 13.2 Å². The lowest BCUT2D eigenvalue weighted by molar-refractivity contribution is -0.143. The van der Waals surface area contributed by atoms with E-state index >= 15 is 0 Å². The maximum Gasteiger partial charge on any atom is 0.435 e. The van der Waals surface area contributed by atoms with Crippen LogP contribution < -0.4 is 10.6 Å². The first-order valence-corrected chi connectivity index (χ1v) is 8.16. The summed E-state index contributed by atoms with van der Waals surface area (Å²) in [6.45, 7) is 0. The summed E-state index contributed by atoms with van der Waals surface area (Å²) >= 11 is 5.78. The Bertz CT molecular complexity index is 832. The molecule has 1 aliphatic carbocycles. The van der Waals surface area contributed by atoms with Gasteiger partial charge in [0.1, 0.15) is 5.82 Å². The molecule has 10 heteroatoms. The number of alkyl halides is 3. The average Bonchev–Trinajstić information content (AvgIpc) is 3.30. The van der Waals surface area contributed by atoms with Crippen LogP contribution in [0.3, 0.4) is 0 Å². The van der Waals surface area contributed by atoms with Crippen molar-refractivity contribution in [2.45, 2.75) is 25.1 Å². The molecule has 0 spiro atoms. The number of amides is 2. The Hall–Kier alpha value is -2.29. The fourth-order valence-corrected chi connectivity index (χ4v) is 2.96. The number of nitrogens with zero attached hydrogens (tertiary/aromatic N) is 2. The van der Waals surface area contributed by atoms with E-state index in [1.54, 1.807) is 0 Å². The Labute approximate surface area is 151 Å². The van der Waals surface area contributed by atoms with Crippen molar-refractivity contribution >= 4 is 23.3 Å². The molecule has 1 aliphatic rings. The van der Waals surface area contributed by atoms with Gasteiger partial charge in [-0.05, 0) is 36.5 Å². The summed E-state index contributed by atoms with van der Waals surface area (Å²) in [7, 11) is 1.14. The lowest BCUT2D eigenvalue weighted by atomic mass is 10.0. The van der Waals surface area contributed by atoms with Crippen LogP contribution in [0.15, 0.2) is 24.4 Å². The number of halogens is 5. The van der Waals surface area contributed by atoms with Crippen molar-refractivity contribution in [2.24, 2.45) is 13.0 Å². The Morgan fingerprint density at radius 1 is 1.38 bits per heavy atom. The first kappa shape index (κ1) is 18.5. The van der Waals surface area contributed by atoms with E-state index < -0.39 is 35.4 Å². The van der Waals surface area contributed by atoms with Crippen molar-refractivity contribution < 1.29 is 22.4 Å². The van der Waals surface area contributed by atoms with Crippen LogP contribution >= 0.6 is 11.6 Å². The van der Waals surface area contributed by atoms with Gasteiger partial charge >= 0.3 is 12.2 Å². The number of carbonyl (C=O) groups is 1. The molecule has 1 atom stereocenters. The molecule has 2 aromatic rings. The monoisotopic (exact) mass is 390 g/mol. The summed E-state index contributed by atoms with van der Waals surface area (Å²) < 4.78 is 53.2. The van der Waals surface area contributed by atoms with Crippen LogP contribution in [-0.4, -0.2) is 15.8 Å². The zero-order chi connectivity index (χ0) is 19.1. The number of anilines is 1. The van der Waals surface area contributed by atoms with Crippen LogP contribution in [0, 0.1) is 11.7 Å². The summed E-state index contributed by atoms with van der Waals surface area (Å²) in [6.07, 6.45) is -2.03. The number of hydrogen-bond acceptors (Lipinski definition) is 2. The third-order valence-corrected chi connectivity index (χ3v) is 4.43. The maximum absolute atomic E-state index is 13.3. The highest BCUT2D eigenvalue weighted by atomic mass is 35.5. The molecule has 0 radical (unpaired) electrons. The van der Waals surface area contributed by atoms with Crippen molar-refractivity contribution in [1.82, 2.24) is 15.1 Å². The second kappa shape index (κ2) is 6.79. The molecule has 1 aromatic heterocycles. The lowest BCUT2D eigenvalue weighted by Gasteiger charge is -2.20. The summed E-state index contributed by atoms with van der Waals surface area (Å²) in [5.74, 6) is -0.460. The van der Waals surface area contributed by atoms with Crippen molar-refractivity contribution in [2.75, 3.05) is 5.32 Å². The summed E-state index contributed by atoms with van der Waals surface area (Å²) in [4.78, 5) is 12.2. The summed E-state index contributed by atoms with van der Waals surface area (Å²) in [5.41, 5.74) is -0.902. The van der Waals surface area contributed by atoms with Gasteiger partial charge in [-0.3, -0.25) is 4.68 Å². The normalized spacial score (nSPS) is 15.6. The molecule has 140 valence electrons. The third kappa shape index (κ3) is 3.92. The molecule has 1 fully saturated rings. The molecule has 1 unspecified atom stereocenters. The zero-order valence-corrected chi connectivity index (χ0v) is 14.3. The van der Waals surface area contributed by atoms with Gasteiger partial charge in [0.15, 0.2) is 5.69 Å². The van der Waals surface area contributed by atoms with Gasteiger partial charge in [-0.2, -0.15) is 18.3 Å². The van der Waals surface area contributed by atoms with E-state index in [2.05, 4.69) is 15.7 Å². The first-order chi connectivity index (χ1) is 12.2. The van der Waals surface area contributed by atoms with E-state index in [1.165, 1.54) is 18.2 Å². The number of aromatic nitrogens is 2. The van der Waals surface area contributed by atoms with Gasteiger partial charge in [0.05, 0.1) is 22.9 Å². The Balaban J connectivity index is 1.77. The summed E-state index contributed by atoms with van der Waals surface area (Å²) in [5, 5.41) is 8.28. The second-order valence-electron chi connectivity index (χ2n) is 6.12. The number of hydrogen-bond donors (Lipinski definition) is 2. The number of rotatable bonds is 4. The SMILES string of the molecule is Cn1ncc(NC(=O)NC(c2ccc(F)c(Cl)c2)C2CC2)c1C(F)(F)F. The molecule has 3 rings (SSSR count). The van der Waals surface area contributed by atoms with Crippen molar-refractivity contribution in [3.63, 3.8) is 0 Å². The van der Waals surface area contributed by atoms with E-state index in [1.807, 2.05) is 0 Å². The average molecular weight is 391 g/mol. The number of urea groups is 1. The van der Waals surface area contributed by atoms with Gasteiger partial charge in [-0.1, -0.05) is 17.7 Å². The molecule has 2 amide bonds. The van der Waals surface area contributed by atoms with Gasteiger partial charge in [-0.25, -0.2) is 9.18 Å². The van der Waals surface area contributed by atoms with Gasteiger partial charge < -0.3 is 10.6 Å². The quantitative estimate of drug-likeness (QED) is 0.755. The van der Waals surface area contributed by atoms with Gasteiger partial charge in [0.2, 0.25) is 0 Å². The highest BCUT2D eigenvalue weighted by molar-refractivity contribution is 6.30. The number of benzene rings is 1. The molecular formula is C16H15ClF4N4O. The van der Waals surface area contributed by atoms with Crippen LogP contribution in [0.5, 0.6) is 0 Å². The molecule has 5 nitrogen and oxygen atoms in total. The Morgan fingerprint density at radius 3 is 2.65 bits per heavy atom. The molecular weight excluding hydrogens is 376 g/mol. The lowest BCUT2D eigenvalue weighted by Crippen LogP contribution is -2.34. The van der Waals surface area contributed by atoms with Crippen molar-refractivity contribution in [1.29, 1.82) is 0 Å². The molecule has 1 saturated carbocycles. The van der Waals surface area contributed by atoms with Gasteiger partial charge in [-0.15, -0.1) is 0 Å². The minimum atomic E-state index is -4.66. The Morgan fingerprint density at radius 2 is 2.08 bits per heavy atom. The molecule has 0 saturated heterocycles. The first-order valence-electron chi connectivity index (χ1n) is 7.78. The predicted molar refractivity (Wildman–Crippen MR) is 87.2 cm³/mol. The van der Waals surface area contributed by atoms with Crippen LogP contribution in [0.1, 0.15) is 30.1 Å². The van der Waals surface area contributed by atoms with E-state index in [4.69, 9.17) is 11.6 Å². The van der Waals surface area contributed by atoms with Gasteiger partial charge in [0, 0.05) is 7.05 Å². The van der Waals surface area contributed by atoms with E-state index in [9.17, 15) is 22.4 Å².